The second-order valence-corrected chi connectivity index (χ2v) is 4.46. The van der Waals surface area contributed by atoms with Crippen LogP contribution in [0.15, 0.2) is 30.6 Å². The lowest BCUT2D eigenvalue weighted by molar-refractivity contribution is 0.0526. The summed E-state index contributed by atoms with van der Waals surface area (Å²) in [6.07, 6.45) is 2.19. The smallest absolute Gasteiger partial charge is 0.341 e. The van der Waals surface area contributed by atoms with Gasteiger partial charge in [-0.05, 0) is 26.0 Å². The van der Waals surface area contributed by atoms with E-state index in [1.165, 1.54) is 17.1 Å². The Labute approximate surface area is 122 Å². The van der Waals surface area contributed by atoms with Crippen LogP contribution in [0.3, 0.4) is 0 Å². The van der Waals surface area contributed by atoms with Crippen LogP contribution in [0.2, 0.25) is 0 Å². The molecule has 0 amide bonds. The van der Waals surface area contributed by atoms with Crippen LogP contribution < -0.4 is 0 Å². The first-order valence-corrected chi connectivity index (χ1v) is 6.51. The van der Waals surface area contributed by atoms with E-state index in [1.807, 2.05) is 6.07 Å². The SMILES string of the molecule is CCOC(=O)c1cnn(-c2cc(C#N)ccc2[C@@H](C)O)c1. The molecule has 2 rings (SSSR count). The van der Waals surface area contributed by atoms with E-state index < -0.39 is 12.1 Å². The Bertz CT molecular complexity index is 698. The van der Waals surface area contributed by atoms with Crippen LogP contribution in [0.25, 0.3) is 5.69 Å². The van der Waals surface area contributed by atoms with Crippen LogP contribution in [0.1, 0.15) is 41.4 Å². The number of esters is 1. The number of aliphatic hydroxyl groups excluding tert-OH is 1. The molecule has 21 heavy (non-hydrogen) atoms. The van der Waals surface area contributed by atoms with Crippen molar-refractivity contribution in [1.29, 1.82) is 5.26 Å². The third-order valence-corrected chi connectivity index (χ3v) is 2.95. The van der Waals surface area contributed by atoms with Crippen molar-refractivity contribution >= 4 is 5.97 Å². The number of rotatable bonds is 4. The fraction of sp³-hybridized carbons (Fsp3) is 0.267. The number of benzene rings is 1. The van der Waals surface area contributed by atoms with E-state index >= 15 is 0 Å². The maximum atomic E-state index is 11.7. The minimum Gasteiger partial charge on any atom is -0.462 e. The molecule has 108 valence electrons. The van der Waals surface area contributed by atoms with Crippen molar-refractivity contribution in [2.45, 2.75) is 20.0 Å². The van der Waals surface area contributed by atoms with Crippen LogP contribution in [-0.2, 0) is 4.74 Å². The maximum Gasteiger partial charge on any atom is 0.341 e. The molecule has 0 unspecified atom stereocenters. The largest absolute Gasteiger partial charge is 0.462 e. The Kier molecular flexibility index (Phi) is 4.36. The number of carbonyl (C=O) groups excluding carboxylic acids is 1. The molecule has 0 aliphatic rings. The lowest BCUT2D eigenvalue weighted by atomic mass is 10.1. The molecule has 1 atom stereocenters. The third-order valence-electron chi connectivity index (χ3n) is 2.95. The van der Waals surface area contributed by atoms with E-state index in [0.717, 1.165) is 0 Å². The summed E-state index contributed by atoms with van der Waals surface area (Å²) in [5.74, 6) is -0.459. The number of hydrogen-bond acceptors (Lipinski definition) is 5. The van der Waals surface area contributed by atoms with Crippen LogP contribution >= 0.6 is 0 Å². The van der Waals surface area contributed by atoms with E-state index in [2.05, 4.69) is 5.10 Å². The Morgan fingerprint density at radius 2 is 2.33 bits per heavy atom. The molecule has 0 saturated heterocycles. The summed E-state index contributed by atoms with van der Waals surface area (Å²) < 4.78 is 6.36. The Balaban J connectivity index is 2.46. The molecule has 0 spiro atoms. The van der Waals surface area contributed by atoms with E-state index in [9.17, 15) is 9.90 Å². The molecule has 0 aliphatic heterocycles. The summed E-state index contributed by atoms with van der Waals surface area (Å²) in [6, 6.07) is 6.95. The van der Waals surface area contributed by atoms with Crippen molar-refractivity contribution in [2.75, 3.05) is 6.61 Å². The Morgan fingerprint density at radius 1 is 1.57 bits per heavy atom. The summed E-state index contributed by atoms with van der Waals surface area (Å²) in [5.41, 5.74) is 1.94. The highest BCUT2D eigenvalue weighted by Gasteiger charge is 2.15. The quantitative estimate of drug-likeness (QED) is 0.868. The van der Waals surface area contributed by atoms with Crippen LogP contribution in [0.5, 0.6) is 0 Å². The van der Waals surface area contributed by atoms with Crippen molar-refractivity contribution in [1.82, 2.24) is 9.78 Å². The molecule has 1 N–H and O–H groups in total. The first-order chi connectivity index (χ1) is 10.1. The zero-order valence-corrected chi connectivity index (χ0v) is 11.8. The number of aliphatic hydroxyl groups is 1. The topological polar surface area (TPSA) is 88.1 Å². The zero-order valence-electron chi connectivity index (χ0n) is 11.8. The lowest BCUT2D eigenvalue weighted by Crippen LogP contribution is -2.05. The van der Waals surface area contributed by atoms with Gasteiger partial charge in [-0.3, -0.25) is 0 Å². The Morgan fingerprint density at radius 3 is 2.95 bits per heavy atom. The third kappa shape index (κ3) is 3.09. The predicted octanol–water partition coefficient (Wildman–Crippen LogP) is 1.97. The summed E-state index contributed by atoms with van der Waals surface area (Å²) >= 11 is 0. The highest BCUT2D eigenvalue weighted by Crippen LogP contribution is 2.23. The van der Waals surface area contributed by atoms with Crippen LogP contribution in [0, 0.1) is 11.3 Å². The number of nitriles is 1. The van der Waals surface area contributed by atoms with Gasteiger partial charge in [-0.1, -0.05) is 6.07 Å². The van der Waals surface area contributed by atoms with Gasteiger partial charge in [-0.25, -0.2) is 9.48 Å². The van der Waals surface area contributed by atoms with Crippen molar-refractivity contribution in [3.8, 4) is 11.8 Å². The molecule has 1 aromatic heterocycles. The van der Waals surface area contributed by atoms with E-state index in [1.54, 1.807) is 32.0 Å². The lowest BCUT2D eigenvalue weighted by Gasteiger charge is -2.12. The van der Waals surface area contributed by atoms with Crippen molar-refractivity contribution in [3.05, 3.63) is 47.3 Å². The summed E-state index contributed by atoms with van der Waals surface area (Å²) in [5, 5.41) is 22.9. The molecular formula is C15H15N3O3. The van der Waals surface area contributed by atoms with Gasteiger partial charge in [-0.15, -0.1) is 0 Å². The van der Waals surface area contributed by atoms with Gasteiger partial charge in [0.05, 0.1) is 41.8 Å². The fourth-order valence-electron chi connectivity index (χ4n) is 1.94. The van der Waals surface area contributed by atoms with Gasteiger partial charge in [0.15, 0.2) is 0 Å². The summed E-state index contributed by atoms with van der Waals surface area (Å²) in [7, 11) is 0. The maximum absolute atomic E-state index is 11.7. The number of hydrogen-bond donors (Lipinski definition) is 1. The number of aromatic nitrogens is 2. The van der Waals surface area contributed by atoms with E-state index in [4.69, 9.17) is 10.00 Å². The van der Waals surface area contributed by atoms with Gasteiger partial charge in [-0.2, -0.15) is 10.4 Å². The van der Waals surface area contributed by atoms with Gasteiger partial charge in [0.2, 0.25) is 0 Å². The molecule has 0 bridgehead atoms. The first kappa shape index (κ1) is 14.8. The van der Waals surface area contributed by atoms with E-state index in [-0.39, 0.29) is 6.61 Å². The highest BCUT2D eigenvalue weighted by molar-refractivity contribution is 5.88. The predicted molar refractivity (Wildman–Crippen MR) is 74.9 cm³/mol. The monoisotopic (exact) mass is 285 g/mol. The molecule has 0 radical (unpaired) electrons. The summed E-state index contributed by atoms with van der Waals surface area (Å²) in [4.78, 5) is 11.7. The van der Waals surface area contributed by atoms with Crippen molar-refractivity contribution < 1.29 is 14.6 Å². The summed E-state index contributed by atoms with van der Waals surface area (Å²) in [6.45, 7) is 3.64. The molecular weight excluding hydrogens is 270 g/mol. The standard InChI is InChI=1S/C15H15N3O3/c1-3-21-15(20)12-8-17-18(9-12)14-6-11(7-16)4-5-13(14)10(2)19/h4-6,8-10,19H,3H2,1-2H3/t10-/m1/s1. The molecule has 1 heterocycles. The van der Waals surface area contributed by atoms with Crippen molar-refractivity contribution in [3.63, 3.8) is 0 Å². The highest BCUT2D eigenvalue weighted by atomic mass is 16.5. The first-order valence-electron chi connectivity index (χ1n) is 6.51. The van der Waals surface area contributed by atoms with Gasteiger partial charge in [0, 0.05) is 11.8 Å². The zero-order chi connectivity index (χ0) is 15.4. The molecule has 6 nitrogen and oxygen atoms in total. The number of ether oxygens (including phenoxy) is 1. The van der Waals surface area contributed by atoms with Gasteiger partial charge >= 0.3 is 5.97 Å². The fourth-order valence-corrected chi connectivity index (χ4v) is 1.94. The van der Waals surface area contributed by atoms with Gasteiger partial charge < -0.3 is 9.84 Å². The number of carbonyl (C=O) groups is 1. The number of nitrogens with zero attached hydrogens (tertiary/aromatic N) is 3. The Hall–Kier alpha value is -2.65. The average Bonchev–Trinajstić information content (AvgIpc) is 2.96. The minimum atomic E-state index is -0.719. The second-order valence-electron chi connectivity index (χ2n) is 4.46. The van der Waals surface area contributed by atoms with Gasteiger partial charge in [0.25, 0.3) is 0 Å². The van der Waals surface area contributed by atoms with Crippen LogP contribution in [-0.4, -0.2) is 27.5 Å². The van der Waals surface area contributed by atoms with E-state index in [0.29, 0.717) is 22.4 Å². The molecule has 2 aromatic rings. The normalized spacial score (nSPS) is 11.7. The molecule has 0 saturated carbocycles. The molecule has 6 heteroatoms. The second kappa shape index (κ2) is 6.20. The molecule has 1 aromatic carbocycles. The van der Waals surface area contributed by atoms with Gasteiger partial charge in [0.1, 0.15) is 0 Å². The van der Waals surface area contributed by atoms with Crippen molar-refractivity contribution in [2.24, 2.45) is 0 Å². The average molecular weight is 285 g/mol. The molecule has 0 aliphatic carbocycles. The molecule has 0 fully saturated rings. The van der Waals surface area contributed by atoms with Crippen LogP contribution in [0.4, 0.5) is 0 Å². The minimum absolute atomic E-state index is 0.285.